The number of ether oxygens (including phenoxy) is 1. The van der Waals surface area contributed by atoms with Gasteiger partial charge >= 0.3 is 35.5 Å². The fourth-order valence-corrected chi connectivity index (χ4v) is 1.78. The van der Waals surface area contributed by atoms with Gasteiger partial charge in [0.25, 0.3) is 0 Å². The van der Waals surface area contributed by atoms with Gasteiger partial charge in [-0.2, -0.15) is 0 Å². The number of unbranched alkanes of at least 4 members (excludes halogenated alkanes) is 4. The molecule has 110 valence electrons. The molecule has 0 radical (unpaired) electrons. The van der Waals surface area contributed by atoms with E-state index in [1.165, 1.54) is 0 Å². The third kappa shape index (κ3) is 13.1. The van der Waals surface area contributed by atoms with Gasteiger partial charge in [0.2, 0.25) is 0 Å². The third-order valence-corrected chi connectivity index (χ3v) is 2.91. The molecule has 1 atom stereocenters. The van der Waals surface area contributed by atoms with Gasteiger partial charge in [-0.3, -0.25) is 4.79 Å². The number of carbonyl (C=O) groups excluding carboxylic acids is 1. The second kappa shape index (κ2) is 16.4. The first-order chi connectivity index (χ1) is 8.76. The van der Waals surface area contributed by atoms with Crippen molar-refractivity contribution in [3.8, 4) is 0 Å². The van der Waals surface area contributed by atoms with Crippen LogP contribution in [0.1, 0.15) is 58.8 Å². The summed E-state index contributed by atoms with van der Waals surface area (Å²) in [5.74, 6) is -0.115. The second-order valence-corrected chi connectivity index (χ2v) is 4.67. The van der Waals surface area contributed by atoms with Gasteiger partial charge in [-0.25, -0.2) is 0 Å². The van der Waals surface area contributed by atoms with Gasteiger partial charge in [0.1, 0.15) is 6.04 Å². The van der Waals surface area contributed by atoms with Gasteiger partial charge in [-0.05, 0) is 12.8 Å². The number of nitrogens with two attached hydrogens (primary N) is 1. The van der Waals surface area contributed by atoms with Gasteiger partial charge in [-0.1, -0.05) is 46.0 Å². The van der Waals surface area contributed by atoms with E-state index in [9.17, 15) is 4.79 Å². The molecule has 0 aliphatic rings. The van der Waals surface area contributed by atoms with Crippen LogP contribution in [0.5, 0.6) is 0 Å². The molecule has 0 bridgehead atoms. The van der Waals surface area contributed by atoms with Crippen LogP contribution in [0.2, 0.25) is 0 Å². The maximum atomic E-state index is 11.9. The first-order valence-corrected chi connectivity index (χ1v) is 7.36. The number of nitrogens with one attached hydrogen (secondary N) is 1. The van der Waals surface area contributed by atoms with Crippen molar-refractivity contribution in [2.24, 2.45) is 5.73 Å². The molecule has 3 N–H and O–H groups in total. The van der Waals surface area contributed by atoms with Crippen molar-refractivity contribution in [3.05, 3.63) is 0 Å². The van der Waals surface area contributed by atoms with Crippen molar-refractivity contribution in [1.82, 2.24) is 5.32 Å². The zero-order valence-corrected chi connectivity index (χ0v) is 12.0. The fraction of sp³-hybridized carbons (Fsp3) is 0.929. The Morgan fingerprint density at radius 2 is 1.79 bits per heavy atom. The average Bonchev–Trinajstić information content (AvgIpc) is 2.38. The van der Waals surface area contributed by atoms with Crippen molar-refractivity contribution in [2.75, 3.05) is 19.7 Å². The fourth-order valence-electron chi connectivity index (χ4n) is 1.78. The molecule has 0 spiro atoms. The summed E-state index contributed by atoms with van der Waals surface area (Å²) in [7, 11) is 0. The van der Waals surface area contributed by atoms with E-state index in [1.807, 2.05) is 0 Å². The van der Waals surface area contributed by atoms with Gasteiger partial charge in [0.15, 0.2) is 0 Å². The number of hydrogen-bond acceptors (Lipinski definition) is 4. The molecule has 0 saturated heterocycles. The number of rotatable bonds is 12. The first-order valence-electron chi connectivity index (χ1n) is 7.36. The molecule has 0 fully saturated rings. The zero-order chi connectivity index (χ0) is 13.6. The van der Waals surface area contributed by atoms with E-state index >= 15 is 0 Å². The van der Waals surface area contributed by atoms with E-state index in [4.69, 9.17) is 10.5 Å². The molecule has 1 unspecified atom stereocenters. The van der Waals surface area contributed by atoms with Gasteiger partial charge in [0.05, 0.1) is 6.61 Å². The van der Waals surface area contributed by atoms with Gasteiger partial charge in [0, 0.05) is 13.1 Å². The Hall–Kier alpha value is 0.390. The Bertz CT molecular complexity index is 204. The zero-order valence-electron chi connectivity index (χ0n) is 12.0. The van der Waals surface area contributed by atoms with Crippen molar-refractivity contribution < 1.29 is 9.53 Å². The minimum atomic E-state index is -0.179. The van der Waals surface area contributed by atoms with E-state index in [-0.39, 0.29) is 41.6 Å². The summed E-state index contributed by atoms with van der Waals surface area (Å²) in [5.41, 5.74) is 5.46. The van der Waals surface area contributed by atoms with Crippen molar-refractivity contribution in [3.63, 3.8) is 0 Å². The van der Waals surface area contributed by atoms with Crippen LogP contribution in [0.15, 0.2) is 0 Å². The standard InChI is InChI=1S/C14H30N2O2.Na.H/c1-3-5-7-9-13(16-11-10-15)14(17)18-12-8-6-4-2;;/h13,16H,3-12,15H2,1-2H3;;. The summed E-state index contributed by atoms with van der Waals surface area (Å²) < 4.78 is 5.29. The van der Waals surface area contributed by atoms with Crippen LogP contribution in [0.25, 0.3) is 0 Å². The molecule has 0 aromatic rings. The Kier molecular flexibility index (Phi) is 18.8. The van der Waals surface area contributed by atoms with Crippen molar-refractivity contribution in [2.45, 2.75) is 64.8 Å². The van der Waals surface area contributed by atoms with Crippen LogP contribution in [-0.4, -0.2) is 61.3 Å². The van der Waals surface area contributed by atoms with E-state index < -0.39 is 0 Å². The number of carbonyl (C=O) groups is 1. The van der Waals surface area contributed by atoms with Crippen LogP contribution in [0.3, 0.4) is 0 Å². The van der Waals surface area contributed by atoms with E-state index in [1.54, 1.807) is 0 Å². The Morgan fingerprint density at radius 3 is 2.37 bits per heavy atom. The van der Waals surface area contributed by atoms with E-state index in [2.05, 4.69) is 19.2 Å². The SMILES string of the molecule is CCCCCOC(=O)C(CCCCC)NCCN.[NaH]. The predicted molar refractivity (Wildman–Crippen MR) is 82.6 cm³/mol. The van der Waals surface area contributed by atoms with E-state index in [0.717, 1.165) is 44.9 Å². The van der Waals surface area contributed by atoms with Gasteiger partial charge in [-0.15, -0.1) is 0 Å². The molecule has 0 aliphatic carbocycles. The summed E-state index contributed by atoms with van der Waals surface area (Å²) in [6.07, 6.45) is 7.44. The molecule has 19 heavy (non-hydrogen) atoms. The molecule has 0 aromatic carbocycles. The van der Waals surface area contributed by atoms with Crippen LogP contribution in [0, 0.1) is 0 Å². The second-order valence-electron chi connectivity index (χ2n) is 4.67. The van der Waals surface area contributed by atoms with Crippen LogP contribution in [-0.2, 0) is 9.53 Å². The number of hydrogen-bond donors (Lipinski definition) is 2. The van der Waals surface area contributed by atoms with Crippen LogP contribution in [0.4, 0.5) is 0 Å². The first kappa shape index (κ1) is 21.7. The molecule has 0 aromatic heterocycles. The number of esters is 1. The van der Waals surface area contributed by atoms with Crippen LogP contribution < -0.4 is 11.1 Å². The predicted octanol–water partition coefficient (Wildman–Crippen LogP) is 1.57. The topological polar surface area (TPSA) is 64.3 Å². The summed E-state index contributed by atoms with van der Waals surface area (Å²) in [6.45, 7) is 6.05. The molecule has 0 aliphatic heterocycles. The van der Waals surface area contributed by atoms with Crippen molar-refractivity contribution >= 4 is 35.5 Å². The summed E-state index contributed by atoms with van der Waals surface area (Å²) in [6, 6.07) is -0.179. The molecule has 0 amide bonds. The van der Waals surface area contributed by atoms with E-state index in [0.29, 0.717) is 19.7 Å². The summed E-state index contributed by atoms with van der Waals surface area (Å²) in [4.78, 5) is 11.9. The molecular formula is C14H31N2NaO2. The minimum absolute atomic E-state index is 0. The van der Waals surface area contributed by atoms with Crippen molar-refractivity contribution in [1.29, 1.82) is 0 Å². The molecular weight excluding hydrogens is 251 g/mol. The normalized spacial score (nSPS) is 11.7. The Labute approximate surface area is 140 Å². The molecule has 4 nitrogen and oxygen atoms in total. The Balaban J connectivity index is 0. The monoisotopic (exact) mass is 282 g/mol. The average molecular weight is 282 g/mol. The molecule has 0 saturated carbocycles. The summed E-state index contributed by atoms with van der Waals surface area (Å²) >= 11 is 0. The Morgan fingerprint density at radius 1 is 1.16 bits per heavy atom. The quantitative estimate of drug-likeness (QED) is 0.324. The maximum absolute atomic E-state index is 11.9. The molecule has 5 heteroatoms. The van der Waals surface area contributed by atoms with Gasteiger partial charge < -0.3 is 15.8 Å². The summed E-state index contributed by atoms with van der Waals surface area (Å²) in [5, 5.41) is 3.17. The van der Waals surface area contributed by atoms with Crippen LogP contribution >= 0.6 is 0 Å². The molecule has 0 rings (SSSR count). The molecule has 0 heterocycles. The third-order valence-electron chi connectivity index (χ3n) is 2.91.